The fourth-order valence-electron chi connectivity index (χ4n) is 2.94. The monoisotopic (exact) mass is 430 g/mol. The molecule has 152 valence electrons. The third kappa shape index (κ3) is 4.69. The molecule has 1 fully saturated rings. The molecule has 2 aromatic carbocycles. The summed E-state index contributed by atoms with van der Waals surface area (Å²) in [4.78, 5) is 12.6. The average Bonchev–Trinajstić information content (AvgIpc) is 2.94. The van der Waals surface area contributed by atoms with Crippen molar-refractivity contribution in [1.82, 2.24) is 10.1 Å². The molecule has 0 aliphatic carbocycles. The molecule has 1 saturated heterocycles. The molecule has 0 aromatic heterocycles. The first kappa shape index (κ1) is 21.1. The molecule has 0 bridgehead atoms. The second-order valence-electron chi connectivity index (χ2n) is 6.82. The van der Waals surface area contributed by atoms with Crippen molar-refractivity contribution in [3.63, 3.8) is 0 Å². The number of rotatable bonds is 5. The number of hydroxylamine groups is 2. The van der Waals surface area contributed by atoms with E-state index >= 15 is 0 Å². The highest BCUT2D eigenvalue weighted by atomic mass is 32.2. The fourth-order valence-corrected chi connectivity index (χ4v) is 4.72. The second-order valence-corrected chi connectivity index (χ2v) is 9.11. The fraction of sp³-hybridized carbons (Fsp3) is 0.250. The summed E-state index contributed by atoms with van der Waals surface area (Å²) in [5.41, 5.74) is 1.33. The summed E-state index contributed by atoms with van der Waals surface area (Å²) >= 11 is 6.82. The van der Waals surface area contributed by atoms with Gasteiger partial charge in [-0.05, 0) is 38.1 Å². The van der Waals surface area contributed by atoms with E-state index in [-0.39, 0.29) is 0 Å². The number of para-hydroxylation sites is 2. The van der Waals surface area contributed by atoms with Gasteiger partial charge in [0.25, 0.3) is 0 Å². The van der Waals surface area contributed by atoms with Gasteiger partial charge in [-0.15, -0.1) is 0 Å². The van der Waals surface area contributed by atoms with Gasteiger partial charge >= 0.3 is 6.03 Å². The van der Waals surface area contributed by atoms with Gasteiger partial charge < -0.3 is 10.1 Å². The maximum atomic E-state index is 12.6. The lowest BCUT2D eigenvalue weighted by atomic mass is 10.1. The van der Waals surface area contributed by atoms with E-state index in [2.05, 4.69) is 10.4 Å². The predicted molar refractivity (Wildman–Crippen MR) is 120 cm³/mol. The number of carbonyl (C=O) groups is 1. The van der Waals surface area contributed by atoms with Gasteiger partial charge in [0.05, 0.1) is 18.1 Å². The van der Waals surface area contributed by atoms with Crippen LogP contribution in [-0.2, 0) is 0 Å². The third-order valence-electron chi connectivity index (χ3n) is 4.32. The van der Waals surface area contributed by atoms with Crippen molar-refractivity contribution in [2.24, 2.45) is 5.10 Å². The number of hydrogen-bond donors (Lipinski definition) is 2. The Hall–Kier alpha value is -2.62. The summed E-state index contributed by atoms with van der Waals surface area (Å²) < 4.78 is 5.21. The minimum Gasteiger partial charge on any atom is -0.496 e. The Bertz CT molecular complexity index is 921. The Kier molecular flexibility index (Phi) is 6.41. The second kappa shape index (κ2) is 8.81. The Morgan fingerprint density at radius 2 is 1.93 bits per heavy atom. The molecule has 2 amide bonds. The van der Waals surface area contributed by atoms with Gasteiger partial charge in [0.1, 0.15) is 5.75 Å². The van der Waals surface area contributed by atoms with Crippen LogP contribution in [0.2, 0.25) is 0 Å². The molecule has 9 heteroatoms. The highest BCUT2D eigenvalue weighted by Gasteiger charge is 2.50. The zero-order chi connectivity index (χ0) is 21.0. The van der Waals surface area contributed by atoms with Crippen LogP contribution in [0.3, 0.4) is 0 Å². The first-order valence-electron chi connectivity index (χ1n) is 8.87. The van der Waals surface area contributed by atoms with Gasteiger partial charge in [0.15, 0.2) is 10.5 Å². The van der Waals surface area contributed by atoms with Crippen LogP contribution >= 0.6 is 24.0 Å². The smallest absolute Gasteiger partial charge is 0.347 e. The summed E-state index contributed by atoms with van der Waals surface area (Å²) in [6, 6.07) is 15.7. The van der Waals surface area contributed by atoms with Crippen LogP contribution in [0.5, 0.6) is 5.75 Å². The predicted octanol–water partition coefficient (Wildman–Crippen LogP) is 4.39. The summed E-state index contributed by atoms with van der Waals surface area (Å²) in [6.45, 7) is 3.79. The van der Waals surface area contributed by atoms with E-state index in [0.717, 1.165) is 5.56 Å². The first-order chi connectivity index (χ1) is 13.8. The normalized spacial score (nSPS) is 18.1. The highest BCUT2D eigenvalue weighted by molar-refractivity contribution is 8.24. The maximum Gasteiger partial charge on any atom is 0.347 e. The molecule has 1 atom stereocenters. The van der Waals surface area contributed by atoms with E-state index in [1.807, 2.05) is 44.2 Å². The largest absolute Gasteiger partial charge is 0.496 e. The van der Waals surface area contributed by atoms with Crippen molar-refractivity contribution in [1.29, 1.82) is 0 Å². The zero-order valence-electron chi connectivity index (χ0n) is 16.3. The molecule has 1 aliphatic heterocycles. The van der Waals surface area contributed by atoms with E-state index in [4.69, 9.17) is 17.0 Å². The van der Waals surface area contributed by atoms with E-state index in [0.29, 0.717) is 20.8 Å². The zero-order valence-corrected chi connectivity index (χ0v) is 17.9. The Morgan fingerprint density at radius 1 is 1.28 bits per heavy atom. The number of thiocarbonyl (C=S) groups is 1. The number of carbonyl (C=O) groups excluding carboxylic acids is 1. The van der Waals surface area contributed by atoms with Crippen molar-refractivity contribution in [2.45, 2.75) is 24.8 Å². The molecular formula is C20H22N4O3S2. The maximum absolute atomic E-state index is 12.6. The van der Waals surface area contributed by atoms with Crippen LogP contribution in [0.15, 0.2) is 59.7 Å². The molecule has 1 unspecified atom stereocenters. The SMILES string of the molecule is COc1ccccc1C=NN1C(=S)SC(C)(C)C1N(O)C(=O)Nc1ccccc1. The number of ether oxygens (including phenoxy) is 1. The van der Waals surface area contributed by atoms with Crippen LogP contribution in [0.4, 0.5) is 10.5 Å². The van der Waals surface area contributed by atoms with E-state index in [1.54, 1.807) is 37.6 Å². The molecular weight excluding hydrogens is 408 g/mol. The summed E-state index contributed by atoms with van der Waals surface area (Å²) in [7, 11) is 1.58. The Morgan fingerprint density at radius 3 is 2.62 bits per heavy atom. The van der Waals surface area contributed by atoms with E-state index in [9.17, 15) is 10.0 Å². The Balaban J connectivity index is 1.84. The topological polar surface area (TPSA) is 77.4 Å². The number of thioether (sulfide) groups is 1. The number of hydrazone groups is 1. The minimum atomic E-state index is -0.797. The molecule has 29 heavy (non-hydrogen) atoms. The number of hydrogen-bond acceptors (Lipinski definition) is 6. The van der Waals surface area contributed by atoms with Crippen molar-refractivity contribution >= 4 is 46.2 Å². The average molecular weight is 431 g/mol. The highest BCUT2D eigenvalue weighted by Crippen LogP contribution is 2.42. The molecule has 2 N–H and O–H groups in total. The lowest BCUT2D eigenvalue weighted by molar-refractivity contribution is -0.114. The first-order valence-corrected chi connectivity index (χ1v) is 10.1. The lowest BCUT2D eigenvalue weighted by Crippen LogP contribution is -2.54. The number of nitrogens with one attached hydrogen (secondary N) is 1. The lowest BCUT2D eigenvalue weighted by Gasteiger charge is -2.34. The van der Waals surface area contributed by atoms with Crippen LogP contribution < -0.4 is 10.1 Å². The van der Waals surface area contributed by atoms with Crippen molar-refractivity contribution in [2.75, 3.05) is 12.4 Å². The number of benzene rings is 2. The molecule has 7 nitrogen and oxygen atoms in total. The van der Waals surface area contributed by atoms with Gasteiger partial charge in [-0.1, -0.05) is 54.3 Å². The van der Waals surface area contributed by atoms with Gasteiger partial charge in [0, 0.05) is 11.3 Å². The quantitative estimate of drug-likeness (QED) is 0.317. The molecule has 1 heterocycles. The number of urea groups is 1. The van der Waals surface area contributed by atoms with Gasteiger partial charge in [-0.25, -0.2) is 9.80 Å². The van der Waals surface area contributed by atoms with E-state index in [1.165, 1.54) is 16.8 Å². The van der Waals surface area contributed by atoms with E-state index < -0.39 is 16.9 Å². The summed E-state index contributed by atoms with van der Waals surface area (Å²) in [5.74, 6) is 0.660. The van der Waals surface area contributed by atoms with Crippen LogP contribution in [-0.4, -0.2) is 49.9 Å². The molecule has 1 aliphatic rings. The molecule has 2 aromatic rings. The van der Waals surface area contributed by atoms with Crippen LogP contribution in [0, 0.1) is 0 Å². The standard InChI is InChI=1S/C20H22N4O3S2/c1-20(2)17(24(26)18(25)22-15-10-5-4-6-11-15)23(19(28)29-20)21-13-14-9-7-8-12-16(14)27-3/h4-13,17,26H,1-3H3,(H,22,25). The van der Waals surface area contributed by atoms with Crippen LogP contribution in [0.25, 0.3) is 0 Å². The van der Waals surface area contributed by atoms with Gasteiger partial charge in [-0.3, -0.25) is 5.21 Å². The van der Waals surface area contributed by atoms with Crippen molar-refractivity contribution in [3.8, 4) is 5.75 Å². The number of nitrogens with zero attached hydrogens (tertiary/aromatic N) is 3. The van der Waals surface area contributed by atoms with Crippen molar-refractivity contribution < 1.29 is 14.7 Å². The molecule has 3 rings (SSSR count). The van der Waals surface area contributed by atoms with Crippen molar-refractivity contribution in [3.05, 3.63) is 60.2 Å². The number of anilines is 1. The number of amides is 2. The summed E-state index contributed by atoms with van der Waals surface area (Å²) in [6.07, 6.45) is 0.804. The molecule has 0 radical (unpaired) electrons. The van der Waals surface area contributed by atoms with Gasteiger partial charge in [0.2, 0.25) is 0 Å². The third-order valence-corrected chi connectivity index (χ3v) is 5.85. The number of methoxy groups -OCH3 is 1. The Labute approximate surface area is 179 Å². The molecule has 0 saturated carbocycles. The summed E-state index contributed by atoms with van der Waals surface area (Å²) in [5, 5.41) is 19.9. The molecule has 0 spiro atoms. The van der Waals surface area contributed by atoms with Gasteiger partial charge in [-0.2, -0.15) is 10.2 Å². The minimum absolute atomic E-state index is 0.456. The van der Waals surface area contributed by atoms with Crippen LogP contribution in [0.1, 0.15) is 19.4 Å².